The number of nitrogens with two attached hydrogens (primary N) is 1. The fourth-order valence-corrected chi connectivity index (χ4v) is 4.57. The van der Waals surface area contributed by atoms with E-state index < -0.39 is 20.0 Å². The Morgan fingerprint density at radius 1 is 1.04 bits per heavy atom. The summed E-state index contributed by atoms with van der Waals surface area (Å²) in [5.41, 5.74) is 0.227. The third-order valence-corrected chi connectivity index (χ3v) is 7.04. The molecule has 2 aromatic rings. The van der Waals surface area contributed by atoms with Crippen molar-refractivity contribution in [3.63, 3.8) is 0 Å². The minimum absolute atomic E-state index is 0.129. The van der Waals surface area contributed by atoms with E-state index in [0.29, 0.717) is 19.8 Å². The first-order chi connectivity index (χ1) is 11.5. The van der Waals surface area contributed by atoms with Crippen molar-refractivity contribution >= 4 is 60.7 Å². The summed E-state index contributed by atoms with van der Waals surface area (Å²) in [5, 5.41) is 5.95. The van der Waals surface area contributed by atoms with Gasteiger partial charge >= 0.3 is 0 Å². The average Bonchev–Trinajstić information content (AvgIpc) is 2.50. The highest BCUT2D eigenvalue weighted by Gasteiger charge is 2.17. The number of nitrogens with one attached hydrogen (secondary N) is 1. The van der Waals surface area contributed by atoms with Gasteiger partial charge in [0.2, 0.25) is 20.0 Å². The quantitative estimate of drug-likeness (QED) is 0.713. The van der Waals surface area contributed by atoms with Crippen LogP contribution in [-0.4, -0.2) is 22.6 Å². The van der Waals surface area contributed by atoms with Crippen LogP contribution in [0.25, 0.3) is 0 Å². The van der Waals surface area contributed by atoms with Crippen LogP contribution in [0.5, 0.6) is 0 Å². The lowest BCUT2D eigenvalue weighted by molar-refractivity contribution is 0.597. The molecule has 0 aliphatic rings. The second-order valence-electron chi connectivity index (χ2n) is 4.89. The molecule has 2 aromatic carbocycles. The molecule has 0 aromatic heterocycles. The van der Waals surface area contributed by atoms with Gasteiger partial charge in [0.15, 0.2) is 0 Å². The van der Waals surface area contributed by atoms with Crippen molar-refractivity contribution < 1.29 is 16.8 Å². The molecule has 0 atom stereocenters. The summed E-state index contributed by atoms with van der Waals surface area (Å²) in [5.74, 6) is -0.129. The summed E-state index contributed by atoms with van der Waals surface area (Å²) < 4.78 is 49.3. The molecule has 0 amide bonds. The van der Waals surface area contributed by atoms with Crippen LogP contribution in [0.1, 0.15) is 6.92 Å². The lowest BCUT2D eigenvalue weighted by Gasteiger charge is -2.13. The van der Waals surface area contributed by atoms with Crippen molar-refractivity contribution in [2.75, 3.05) is 10.5 Å². The molecule has 0 unspecified atom stereocenters. The molecule has 0 bridgehead atoms. The molecule has 0 saturated carbocycles. The molecule has 3 N–H and O–H groups in total. The summed E-state index contributed by atoms with van der Waals surface area (Å²) in [4.78, 5) is 0.780. The molecule has 0 heterocycles. The van der Waals surface area contributed by atoms with Gasteiger partial charge in [-0.05, 0) is 43.3 Å². The smallest absolute Gasteiger partial charge is 0.238 e. The van der Waals surface area contributed by atoms with E-state index in [1.165, 1.54) is 31.2 Å². The van der Waals surface area contributed by atoms with Crippen LogP contribution in [-0.2, 0) is 20.0 Å². The Hall–Kier alpha value is -0.970. The van der Waals surface area contributed by atoms with E-state index in [2.05, 4.69) is 4.72 Å². The highest BCUT2D eigenvalue weighted by molar-refractivity contribution is 7.99. The zero-order chi connectivity index (χ0) is 18.8. The second kappa shape index (κ2) is 7.73. The van der Waals surface area contributed by atoms with Gasteiger partial charge in [-0.15, -0.1) is 0 Å². The van der Waals surface area contributed by atoms with E-state index in [1.807, 2.05) is 0 Å². The van der Waals surface area contributed by atoms with Gasteiger partial charge < -0.3 is 0 Å². The number of hydrogen-bond donors (Lipinski definition) is 2. The van der Waals surface area contributed by atoms with Gasteiger partial charge in [-0.2, -0.15) is 0 Å². The molecule has 11 heteroatoms. The lowest BCUT2D eigenvalue weighted by Crippen LogP contribution is -2.16. The lowest BCUT2D eigenvalue weighted by atomic mass is 10.3. The Balaban J connectivity index is 2.54. The average molecular weight is 441 g/mol. The third kappa shape index (κ3) is 5.50. The molecular weight excluding hydrogens is 427 g/mol. The molecular formula is C14H14Cl2N2O4S3. The number of benzene rings is 2. The molecule has 0 aliphatic heterocycles. The van der Waals surface area contributed by atoms with E-state index in [9.17, 15) is 16.8 Å². The zero-order valence-corrected chi connectivity index (χ0v) is 16.8. The van der Waals surface area contributed by atoms with Crippen molar-refractivity contribution in [2.24, 2.45) is 5.14 Å². The van der Waals surface area contributed by atoms with Crippen molar-refractivity contribution in [1.82, 2.24) is 0 Å². The van der Waals surface area contributed by atoms with Crippen molar-refractivity contribution in [1.29, 1.82) is 0 Å². The Labute approximate surface area is 160 Å². The predicted octanol–water partition coefficient (Wildman–Crippen LogP) is 3.55. The summed E-state index contributed by atoms with van der Waals surface area (Å²) in [6, 6.07) is 8.67. The van der Waals surface area contributed by atoms with E-state index in [1.54, 1.807) is 12.1 Å². The Morgan fingerprint density at radius 2 is 1.72 bits per heavy atom. The van der Waals surface area contributed by atoms with Crippen LogP contribution in [0.4, 0.5) is 5.69 Å². The maximum atomic E-state index is 11.9. The van der Waals surface area contributed by atoms with Gasteiger partial charge in [0.1, 0.15) is 0 Å². The molecule has 0 fully saturated rings. The predicted molar refractivity (Wildman–Crippen MR) is 101 cm³/mol. The standard InChI is InChI=1S/C14H14Cl2N2O4S3/c1-2-24(19,20)18-12-5-4-10(25(17,21)22)8-14(12)23-13-6-3-9(15)7-11(13)16/h3-8,18H,2H2,1H3,(H2,17,21,22). The van der Waals surface area contributed by atoms with Crippen molar-refractivity contribution in [2.45, 2.75) is 21.6 Å². The molecule has 25 heavy (non-hydrogen) atoms. The first-order valence-electron chi connectivity index (χ1n) is 6.82. The molecule has 136 valence electrons. The Kier molecular flexibility index (Phi) is 6.29. The van der Waals surface area contributed by atoms with Gasteiger partial charge in [-0.1, -0.05) is 35.0 Å². The van der Waals surface area contributed by atoms with E-state index in [4.69, 9.17) is 28.3 Å². The molecule has 0 radical (unpaired) electrons. The van der Waals surface area contributed by atoms with Gasteiger partial charge in [-0.3, -0.25) is 4.72 Å². The van der Waals surface area contributed by atoms with Crippen LogP contribution in [0.3, 0.4) is 0 Å². The molecule has 2 rings (SSSR count). The fraction of sp³-hybridized carbons (Fsp3) is 0.143. The van der Waals surface area contributed by atoms with Crippen LogP contribution in [0, 0.1) is 0 Å². The SMILES string of the molecule is CCS(=O)(=O)Nc1ccc(S(N)(=O)=O)cc1Sc1ccc(Cl)cc1Cl. The van der Waals surface area contributed by atoms with Crippen molar-refractivity contribution in [3.05, 3.63) is 46.4 Å². The second-order valence-corrected chi connectivity index (χ2v) is 10.4. The first-order valence-corrected chi connectivity index (χ1v) is 11.6. The Bertz CT molecular complexity index is 1010. The van der Waals surface area contributed by atoms with Crippen LogP contribution < -0.4 is 9.86 Å². The van der Waals surface area contributed by atoms with E-state index in [0.717, 1.165) is 11.8 Å². The minimum Gasteiger partial charge on any atom is -0.282 e. The third-order valence-electron chi connectivity index (χ3n) is 3.04. The maximum absolute atomic E-state index is 11.9. The van der Waals surface area contributed by atoms with Crippen LogP contribution in [0.15, 0.2) is 51.1 Å². The fourth-order valence-electron chi connectivity index (χ4n) is 1.76. The molecule has 0 aliphatic carbocycles. The largest absolute Gasteiger partial charge is 0.282 e. The Morgan fingerprint density at radius 3 is 2.28 bits per heavy atom. The molecule has 6 nitrogen and oxygen atoms in total. The summed E-state index contributed by atoms with van der Waals surface area (Å²) in [7, 11) is -7.50. The topological polar surface area (TPSA) is 106 Å². The number of anilines is 1. The normalized spacial score (nSPS) is 12.2. The van der Waals surface area contributed by atoms with Gasteiger partial charge in [0.05, 0.1) is 21.4 Å². The number of halogens is 2. The molecule has 0 saturated heterocycles. The number of rotatable bonds is 6. The van der Waals surface area contributed by atoms with Crippen LogP contribution in [0.2, 0.25) is 10.0 Å². The van der Waals surface area contributed by atoms with Gasteiger partial charge in [0, 0.05) is 14.8 Å². The minimum atomic E-state index is -3.95. The number of hydrogen-bond acceptors (Lipinski definition) is 5. The maximum Gasteiger partial charge on any atom is 0.238 e. The summed E-state index contributed by atoms with van der Waals surface area (Å²) in [6.07, 6.45) is 0. The highest BCUT2D eigenvalue weighted by atomic mass is 35.5. The number of sulfonamides is 2. The summed E-state index contributed by atoms with van der Waals surface area (Å²) in [6.45, 7) is 1.49. The van der Waals surface area contributed by atoms with Crippen molar-refractivity contribution in [3.8, 4) is 0 Å². The van der Waals surface area contributed by atoms with Gasteiger partial charge in [-0.25, -0.2) is 22.0 Å². The zero-order valence-electron chi connectivity index (χ0n) is 12.9. The monoisotopic (exact) mass is 440 g/mol. The summed E-state index contributed by atoms with van der Waals surface area (Å²) >= 11 is 13.1. The van der Waals surface area contributed by atoms with E-state index in [-0.39, 0.29) is 16.3 Å². The van der Waals surface area contributed by atoms with Gasteiger partial charge in [0.25, 0.3) is 0 Å². The van der Waals surface area contributed by atoms with E-state index >= 15 is 0 Å². The first kappa shape index (κ1) is 20.3. The van der Waals surface area contributed by atoms with Crippen LogP contribution >= 0.6 is 35.0 Å². The highest BCUT2D eigenvalue weighted by Crippen LogP contribution is 2.39. The number of primary sulfonamides is 1. The molecule has 0 spiro atoms.